The predicted octanol–water partition coefficient (Wildman–Crippen LogP) is 3.06. The van der Waals surface area contributed by atoms with Gasteiger partial charge in [0.1, 0.15) is 11.5 Å². The summed E-state index contributed by atoms with van der Waals surface area (Å²) in [7, 11) is 1.64. The van der Waals surface area contributed by atoms with Crippen molar-refractivity contribution in [3.63, 3.8) is 0 Å². The van der Waals surface area contributed by atoms with Crippen molar-refractivity contribution < 1.29 is 9.26 Å². The smallest absolute Gasteiger partial charge is 0.175 e. The van der Waals surface area contributed by atoms with E-state index in [1.807, 2.05) is 38.1 Å². The van der Waals surface area contributed by atoms with Crippen molar-refractivity contribution in [3.05, 3.63) is 30.0 Å². The number of rotatable bonds is 3. The highest BCUT2D eigenvalue weighted by molar-refractivity contribution is 5.76. The van der Waals surface area contributed by atoms with Crippen molar-refractivity contribution >= 4 is 5.82 Å². The number of nitrogens with zero attached hydrogens (tertiary/aromatic N) is 1. The molecule has 90 valence electrons. The lowest BCUT2D eigenvalue weighted by Crippen LogP contribution is -1.92. The largest absolute Gasteiger partial charge is 0.497 e. The highest BCUT2D eigenvalue weighted by Crippen LogP contribution is 2.35. The lowest BCUT2D eigenvalue weighted by atomic mass is 10.00. The van der Waals surface area contributed by atoms with Gasteiger partial charge in [0.05, 0.1) is 12.7 Å². The molecule has 2 rings (SSSR count). The van der Waals surface area contributed by atoms with E-state index in [1.54, 1.807) is 7.11 Å². The minimum absolute atomic E-state index is 0.237. The number of hydrogen-bond acceptors (Lipinski definition) is 4. The Labute approximate surface area is 100 Å². The summed E-state index contributed by atoms with van der Waals surface area (Å²) < 4.78 is 10.5. The first kappa shape index (κ1) is 11.5. The molecular formula is C13H16N2O2. The van der Waals surface area contributed by atoms with Gasteiger partial charge in [0.15, 0.2) is 5.82 Å². The molecule has 17 heavy (non-hydrogen) atoms. The number of methoxy groups -OCH3 is 1. The molecule has 0 aliphatic heterocycles. The van der Waals surface area contributed by atoms with Crippen LogP contribution in [0.2, 0.25) is 0 Å². The molecule has 4 nitrogen and oxygen atoms in total. The quantitative estimate of drug-likeness (QED) is 0.883. The maximum Gasteiger partial charge on any atom is 0.175 e. The van der Waals surface area contributed by atoms with E-state index < -0.39 is 0 Å². The molecule has 0 saturated carbocycles. The van der Waals surface area contributed by atoms with E-state index >= 15 is 0 Å². The Morgan fingerprint density at radius 1 is 1.35 bits per heavy atom. The normalized spacial score (nSPS) is 10.8. The molecule has 0 radical (unpaired) electrons. The Morgan fingerprint density at radius 3 is 2.76 bits per heavy atom. The van der Waals surface area contributed by atoms with Gasteiger partial charge >= 0.3 is 0 Å². The maximum atomic E-state index is 5.86. The molecule has 0 atom stereocenters. The summed E-state index contributed by atoms with van der Waals surface area (Å²) in [5.41, 5.74) is 7.68. The van der Waals surface area contributed by atoms with Crippen molar-refractivity contribution in [2.24, 2.45) is 0 Å². The van der Waals surface area contributed by atoms with Crippen LogP contribution in [0.3, 0.4) is 0 Å². The number of anilines is 1. The van der Waals surface area contributed by atoms with Crippen LogP contribution < -0.4 is 10.5 Å². The fraction of sp³-hybridized carbons (Fsp3) is 0.308. The highest BCUT2D eigenvalue weighted by Gasteiger charge is 2.18. The van der Waals surface area contributed by atoms with Gasteiger partial charge in [0.25, 0.3) is 0 Å². The highest BCUT2D eigenvalue weighted by atomic mass is 16.5. The van der Waals surface area contributed by atoms with E-state index in [0.717, 1.165) is 22.6 Å². The monoisotopic (exact) mass is 232 g/mol. The van der Waals surface area contributed by atoms with E-state index in [2.05, 4.69) is 5.16 Å². The van der Waals surface area contributed by atoms with Crippen LogP contribution in [0.5, 0.6) is 5.75 Å². The Kier molecular flexibility index (Phi) is 3.04. The van der Waals surface area contributed by atoms with E-state index in [0.29, 0.717) is 5.82 Å². The average molecular weight is 232 g/mol. The first-order chi connectivity index (χ1) is 8.13. The van der Waals surface area contributed by atoms with Crippen molar-refractivity contribution in [2.45, 2.75) is 19.8 Å². The molecule has 0 unspecified atom stereocenters. The summed E-state index contributed by atoms with van der Waals surface area (Å²) in [5, 5.41) is 3.83. The second-order valence-corrected chi connectivity index (χ2v) is 4.19. The summed E-state index contributed by atoms with van der Waals surface area (Å²) in [4.78, 5) is 0. The number of ether oxygens (including phenoxy) is 1. The van der Waals surface area contributed by atoms with E-state index in [-0.39, 0.29) is 5.92 Å². The lowest BCUT2D eigenvalue weighted by Gasteiger charge is -2.06. The Bertz CT molecular complexity index is 518. The van der Waals surface area contributed by atoms with Crippen LogP contribution in [0, 0.1) is 0 Å². The van der Waals surface area contributed by atoms with Gasteiger partial charge in [-0.2, -0.15) is 0 Å². The molecule has 1 aromatic heterocycles. The summed E-state index contributed by atoms with van der Waals surface area (Å²) in [6.07, 6.45) is 0. The van der Waals surface area contributed by atoms with Crippen LogP contribution in [0.1, 0.15) is 25.5 Å². The average Bonchev–Trinajstić information content (AvgIpc) is 2.71. The van der Waals surface area contributed by atoms with Crippen molar-refractivity contribution in [1.82, 2.24) is 5.16 Å². The fourth-order valence-electron chi connectivity index (χ4n) is 1.78. The van der Waals surface area contributed by atoms with Crippen LogP contribution in [-0.2, 0) is 0 Å². The summed E-state index contributed by atoms with van der Waals surface area (Å²) in [6.45, 7) is 4.09. The minimum atomic E-state index is 0.237. The number of benzene rings is 1. The third-order valence-corrected chi connectivity index (χ3v) is 2.63. The van der Waals surface area contributed by atoms with Gasteiger partial charge in [0.2, 0.25) is 0 Å². The van der Waals surface area contributed by atoms with Gasteiger partial charge in [-0.1, -0.05) is 31.1 Å². The lowest BCUT2D eigenvalue weighted by molar-refractivity contribution is 0.374. The first-order valence-electron chi connectivity index (χ1n) is 5.53. The Hall–Kier alpha value is -1.97. The van der Waals surface area contributed by atoms with Crippen LogP contribution in [0.25, 0.3) is 11.1 Å². The van der Waals surface area contributed by atoms with Gasteiger partial charge in [-0.05, 0) is 17.7 Å². The zero-order valence-corrected chi connectivity index (χ0v) is 10.2. The number of nitrogens with two attached hydrogens (primary N) is 1. The molecule has 1 aromatic carbocycles. The van der Waals surface area contributed by atoms with Gasteiger partial charge in [-0.3, -0.25) is 0 Å². The van der Waals surface area contributed by atoms with Crippen molar-refractivity contribution in [3.8, 4) is 16.9 Å². The van der Waals surface area contributed by atoms with Crippen LogP contribution in [-0.4, -0.2) is 12.3 Å². The topological polar surface area (TPSA) is 61.3 Å². The SMILES string of the molecule is COc1cccc(-c2c(N)noc2C(C)C)c1. The zero-order chi connectivity index (χ0) is 12.4. The van der Waals surface area contributed by atoms with Crippen molar-refractivity contribution in [1.29, 1.82) is 0 Å². The Balaban J connectivity index is 2.55. The first-order valence-corrected chi connectivity index (χ1v) is 5.53. The molecule has 1 heterocycles. The van der Waals surface area contributed by atoms with E-state index in [9.17, 15) is 0 Å². The predicted molar refractivity (Wildman–Crippen MR) is 67.0 cm³/mol. The molecule has 2 N–H and O–H groups in total. The van der Waals surface area contributed by atoms with Gasteiger partial charge in [-0.25, -0.2) is 0 Å². The second-order valence-electron chi connectivity index (χ2n) is 4.19. The van der Waals surface area contributed by atoms with Crippen LogP contribution in [0.15, 0.2) is 28.8 Å². The fourth-order valence-corrected chi connectivity index (χ4v) is 1.78. The van der Waals surface area contributed by atoms with E-state index in [4.69, 9.17) is 15.0 Å². The molecular weight excluding hydrogens is 216 g/mol. The van der Waals surface area contributed by atoms with E-state index in [1.165, 1.54) is 0 Å². The van der Waals surface area contributed by atoms with Gasteiger partial charge < -0.3 is 15.0 Å². The molecule has 0 saturated heterocycles. The number of hydrogen-bond donors (Lipinski definition) is 1. The summed E-state index contributed by atoms with van der Waals surface area (Å²) in [6, 6.07) is 7.71. The molecule has 0 amide bonds. The Morgan fingerprint density at radius 2 is 2.12 bits per heavy atom. The summed E-state index contributed by atoms with van der Waals surface area (Å²) in [5.74, 6) is 2.25. The maximum absolute atomic E-state index is 5.86. The standard InChI is InChI=1S/C13H16N2O2/c1-8(2)12-11(13(14)15-17-12)9-5-4-6-10(7-9)16-3/h4-8H,1-3H3,(H2,14,15). The zero-order valence-electron chi connectivity index (χ0n) is 10.2. The summed E-state index contributed by atoms with van der Waals surface area (Å²) >= 11 is 0. The second kappa shape index (κ2) is 4.49. The third kappa shape index (κ3) is 2.11. The third-order valence-electron chi connectivity index (χ3n) is 2.63. The molecule has 0 aliphatic carbocycles. The molecule has 0 aliphatic rings. The van der Waals surface area contributed by atoms with Crippen LogP contribution in [0.4, 0.5) is 5.82 Å². The molecule has 0 bridgehead atoms. The van der Waals surface area contributed by atoms with Gasteiger partial charge in [0, 0.05) is 5.92 Å². The molecule has 2 aromatic rings. The van der Waals surface area contributed by atoms with Gasteiger partial charge in [-0.15, -0.1) is 0 Å². The molecule has 0 fully saturated rings. The minimum Gasteiger partial charge on any atom is -0.497 e. The number of nitrogen functional groups attached to an aromatic ring is 1. The molecule has 4 heteroatoms. The van der Waals surface area contributed by atoms with Crippen molar-refractivity contribution in [2.75, 3.05) is 12.8 Å². The number of aromatic nitrogens is 1. The van der Waals surface area contributed by atoms with Crippen LogP contribution >= 0.6 is 0 Å². The molecule has 0 spiro atoms.